The minimum Gasteiger partial charge on any atom is -0.222 e. The molecule has 0 unspecified atom stereocenters. The van der Waals surface area contributed by atoms with Crippen LogP contribution in [0.3, 0.4) is 0 Å². The first-order valence-corrected chi connectivity index (χ1v) is 4.18. The number of rotatable bonds is 1. The Morgan fingerprint density at radius 3 is 3.17 bits per heavy atom. The molecule has 0 aromatic carbocycles. The first-order chi connectivity index (χ1) is 5.79. The van der Waals surface area contributed by atoms with Crippen molar-refractivity contribution in [3.63, 3.8) is 0 Å². The van der Waals surface area contributed by atoms with E-state index < -0.39 is 0 Å². The zero-order valence-corrected chi connectivity index (χ0v) is 7.41. The Morgan fingerprint density at radius 2 is 2.42 bits per heavy atom. The highest BCUT2D eigenvalue weighted by Crippen LogP contribution is 2.08. The molecule has 62 valence electrons. The zero-order valence-electron chi connectivity index (χ0n) is 6.66. The molecule has 0 aliphatic heterocycles. The Hall–Kier alpha value is -1.09. The highest BCUT2D eigenvalue weighted by molar-refractivity contribution is 6.29. The van der Waals surface area contributed by atoms with E-state index >= 15 is 0 Å². The first kappa shape index (κ1) is 7.55. The Labute approximate surface area is 75.0 Å². The summed E-state index contributed by atoms with van der Waals surface area (Å²) in [5.74, 6) is 0. The van der Waals surface area contributed by atoms with Crippen LogP contribution in [0.2, 0.25) is 5.15 Å². The fourth-order valence-corrected chi connectivity index (χ4v) is 1.22. The molecule has 0 fully saturated rings. The van der Waals surface area contributed by atoms with E-state index in [4.69, 9.17) is 11.6 Å². The summed E-state index contributed by atoms with van der Waals surface area (Å²) in [4.78, 5) is 4.11. The molecule has 0 aliphatic carbocycles. The third kappa shape index (κ3) is 1.16. The van der Waals surface area contributed by atoms with E-state index in [-0.39, 0.29) is 0 Å². The normalized spacial score (nSPS) is 10.8. The van der Waals surface area contributed by atoms with Crippen molar-refractivity contribution < 1.29 is 0 Å². The van der Waals surface area contributed by atoms with Crippen LogP contribution in [0.15, 0.2) is 18.3 Å². The molecule has 2 aromatic rings. The lowest BCUT2D eigenvalue weighted by Gasteiger charge is -1.90. The number of halogens is 1. The van der Waals surface area contributed by atoms with Gasteiger partial charge < -0.3 is 0 Å². The second-order valence-corrected chi connectivity index (χ2v) is 2.93. The summed E-state index contributed by atoms with van der Waals surface area (Å²) >= 11 is 5.72. The van der Waals surface area contributed by atoms with Gasteiger partial charge in [0.05, 0.1) is 5.69 Å². The van der Waals surface area contributed by atoms with Crippen LogP contribution in [0.1, 0.15) is 12.6 Å². The number of hydrogen-bond acceptors (Lipinski definition) is 2. The summed E-state index contributed by atoms with van der Waals surface area (Å²) in [5, 5.41) is 4.77. The van der Waals surface area contributed by atoms with Gasteiger partial charge in [-0.05, 0) is 12.5 Å². The van der Waals surface area contributed by atoms with Crippen molar-refractivity contribution in [2.45, 2.75) is 13.3 Å². The van der Waals surface area contributed by atoms with Gasteiger partial charge in [0, 0.05) is 12.3 Å². The van der Waals surface area contributed by atoms with E-state index in [9.17, 15) is 0 Å². The van der Waals surface area contributed by atoms with Gasteiger partial charge in [-0.2, -0.15) is 5.10 Å². The van der Waals surface area contributed by atoms with Crippen LogP contribution >= 0.6 is 11.6 Å². The molecule has 0 amide bonds. The molecule has 0 bridgehead atoms. The van der Waals surface area contributed by atoms with Gasteiger partial charge in [-0.1, -0.05) is 18.5 Å². The van der Waals surface area contributed by atoms with Crippen LogP contribution in [-0.4, -0.2) is 14.6 Å². The molecule has 0 saturated heterocycles. The number of hydrogen-bond donors (Lipinski definition) is 0. The third-order valence-corrected chi connectivity index (χ3v) is 1.91. The molecule has 2 heterocycles. The van der Waals surface area contributed by atoms with Crippen LogP contribution in [0.25, 0.3) is 5.65 Å². The zero-order chi connectivity index (χ0) is 8.55. The van der Waals surface area contributed by atoms with E-state index in [1.807, 2.05) is 12.3 Å². The molecule has 0 spiro atoms. The largest absolute Gasteiger partial charge is 0.222 e. The second-order valence-electron chi connectivity index (χ2n) is 2.54. The number of aromatic nitrogens is 3. The Morgan fingerprint density at radius 1 is 1.58 bits per heavy atom. The molecule has 12 heavy (non-hydrogen) atoms. The van der Waals surface area contributed by atoms with Crippen molar-refractivity contribution in [2.24, 2.45) is 0 Å². The van der Waals surface area contributed by atoms with E-state index in [0.717, 1.165) is 17.8 Å². The maximum Gasteiger partial charge on any atom is 0.156 e. The lowest BCUT2D eigenvalue weighted by molar-refractivity contribution is 0.887. The number of nitrogens with zero attached hydrogens (tertiary/aromatic N) is 3. The second kappa shape index (κ2) is 2.75. The molecule has 2 rings (SSSR count). The molecular weight excluding hydrogens is 174 g/mol. The minimum atomic E-state index is 0.505. The maximum absolute atomic E-state index is 5.72. The molecule has 0 radical (unpaired) electrons. The summed E-state index contributed by atoms with van der Waals surface area (Å²) in [6, 6.07) is 3.66. The summed E-state index contributed by atoms with van der Waals surface area (Å²) in [6.45, 7) is 2.06. The van der Waals surface area contributed by atoms with Crippen molar-refractivity contribution in [1.29, 1.82) is 0 Å². The fraction of sp³-hybridized carbons (Fsp3) is 0.250. The van der Waals surface area contributed by atoms with Crippen LogP contribution in [0.5, 0.6) is 0 Å². The summed E-state index contributed by atoms with van der Waals surface area (Å²) in [6.07, 6.45) is 2.73. The summed E-state index contributed by atoms with van der Waals surface area (Å²) in [5.41, 5.74) is 1.84. The van der Waals surface area contributed by atoms with Crippen LogP contribution < -0.4 is 0 Å². The molecule has 4 heteroatoms. The molecule has 0 aliphatic rings. The molecule has 0 atom stereocenters. The van der Waals surface area contributed by atoms with E-state index in [0.29, 0.717) is 5.15 Å². The highest BCUT2D eigenvalue weighted by atomic mass is 35.5. The van der Waals surface area contributed by atoms with E-state index in [1.54, 1.807) is 10.6 Å². The lowest BCUT2D eigenvalue weighted by Crippen LogP contribution is -1.89. The SMILES string of the molecule is CCc1cc2nc(Cl)ccn2n1. The highest BCUT2D eigenvalue weighted by Gasteiger charge is 2.00. The summed E-state index contributed by atoms with van der Waals surface area (Å²) in [7, 11) is 0. The van der Waals surface area contributed by atoms with Gasteiger partial charge in [0.25, 0.3) is 0 Å². The van der Waals surface area contributed by atoms with E-state index in [2.05, 4.69) is 17.0 Å². The monoisotopic (exact) mass is 181 g/mol. The lowest BCUT2D eigenvalue weighted by atomic mass is 10.3. The Bertz CT molecular complexity index is 408. The first-order valence-electron chi connectivity index (χ1n) is 3.80. The molecule has 2 aromatic heterocycles. The molecule has 0 saturated carbocycles. The fourth-order valence-electron chi connectivity index (χ4n) is 1.08. The molecule has 3 nitrogen and oxygen atoms in total. The van der Waals surface area contributed by atoms with Crippen molar-refractivity contribution in [1.82, 2.24) is 14.6 Å². The number of aryl methyl sites for hydroxylation is 1. The average molecular weight is 182 g/mol. The van der Waals surface area contributed by atoms with Gasteiger partial charge in [0.2, 0.25) is 0 Å². The predicted molar refractivity (Wildman–Crippen MR) is 47.4 cm³/mol. The van der Waals surface area contributed by atoms with Gasteiger partial charge in [-0.15, -0.1) is 0 Å². The standard InChI is InChI=1S/C8H8ClN3/c1-2-6-5-8-10-7(9)3-4-12(8)11-6/h3-5H,2H2,1H3. The number of fused-ring (bicyclic) bond motifs is 1. The van der Waals surface area contributed by atoms with Crippen LogP contribution in [0, 0.1) is 0 Å². The van der Waals surface area contributed by atoms with Gasteiger partial charge in [0.1, 0.15) is 5.15 Å². The van der Waals surface area contributed by atoms with Gasteiger partial charge in [0.15, 0.2) is 5.65 Å². The summed E-state index contributed by atoms with van der Waals surface area (Å²) < 4.78 is 1.73. The van der Waals surface area contributed by atoms with Crippen LogP contribution in [-0.2, 0) is 6.42 Å². The van der Waals surface area contributed by atoms with E-state index in [1.165, 1.54) is 0 Å². The molecular formula is C8H8ClN3. The quantitative estimate of drug-likeness (QED) is 0.630. The molecule has 0 N–H and O–H groups in total. The third-order valence-electron chi connectivity index (χ3n) is 1.70. The van der Waals surface area contributed by atoms with Crippen molar-refractivity contribution in [2.75, 3.05) is 0 Å². The topological polar surface area (TPSA) is 30.2 Å². The van der Waals surface area contributed by atoms with Crippen LogP contribution in [0.4, 0.5) is 0 Å². The predicted octanol–water partition coefficient (Wildman–Crippen LogP) is 1.95. The van der Waals surface area contributed by atoms with Gasteiger partial charge in [-0.25, -0.2) is 9.50 Å². The van der Waals surface area contributed by atoms with Gasteiger partial charge in [-0.3, -0.25) is 0 Å². The maximum atomic E-state index is 5.72. The Balaban J connectivity index is 2.67. The van der Waals surface area contributed by atoms with Crippen molar-refractivity contribution >= 4 is 17.2 Å². The minimum absolute atomic E-state index is 0.505. The Kier molecular flexibility index (Phi) is 1.73. The van der Waals surface area contributed by atoms with Crippen molar-refractivity contribution in [3.8, 4) is 0 Å². The van der Waals surface area contributed by atoms with Crippen molar-refractivity contribution in [3.05, 3.63) is 29.2 Å². The smallest absolute Gasteiger partial charge is 0.156 e. The average Bonchev–Trinajstić information content (AvgIpc) is 2.46. The van der Waals surface area contributed by atoms with Gasteiger partial charge >= 0.3 is 0 Å².